The van der Waals surface area contributed by atoms with Gasteiger partial charge in [-0.25, -0.2) is 4.79 Å². The van der Waals surface area contributed by atoms with Crippen LogP contribution in [0.5, 0.6) is 5.75 Å². The smallest absolute Gasteiger partial charge is 0.374 e. The van der Waals surface area contributed by atoms with E-state index >= 15 is 0 Å². The van der Waals surface area contributed by atoms with Crippen LogP contribution in [-0.4, -0.2) is 18.9 Å². The molecule has 3 rings (SSSR count). The summed E-state index contributed by atoms with van der Waals surface area (Å²) < 4.78 is 15.4. The van der Waals surface area contributed by atoms with Gasteiger partial charge in [-0.1, -0.05) is 30.3 Å². The van der Waals surface area contributed by atoms with Crippen LogP contribution in [0.15, 0.2) is 77.4 Å². The number of ketones is 1. The van der Waals surface area contributed by atoms with Crippen LogP contribution in [0.25, 0.3) is 6.08 Å². The van der Waals surface area contributed by atoms with Gasteiger partial charge in [0.1, 0.15) is 12.4 Å². The van der Waals surface area contributed by atoms with Gasteiger partial charge in [0.2, 0.25) is 5.76 Å². The molecule has 3 aromatic rings. The van der Waals surface area contributed by atoms with E-state index in [0.29, 0.717) is 23.5 Å². The molecule has 0 radical (unpaired) electrons. The maximum absolute atomic E-state index is 12.3. The first-order valence-corrected chi connectivity index (χ1v) is 8.32. The molecule has 5 heteroatoms. The average molecular weight is 362 g/mol. The highest BCUT2D eigenvalue weighted by Crippen LogP contribution is 2.17. The molecule has 0 N–H and O–H groups in total. The van der Waals surface area contributed by atoms with Crippen LogP contribution in [0.4, 0.5) is 0 Å². The third-order valence-corrected chi connectivity index (χ3v) is 3.87. The molecule has 0 aliphatic rings. The maximum Gasteiger partial charge on any atom is 0.374 e. The first-order chi connectivity index (χ1) is 13.2. The highest BCUT2D eigenvalue weighted by molar-refractivity contribution is 6.07. The van der Waals surface area contributed by atoms with Crippen molar-refractivity contribution < 1.29 is 23.5 Å². The van der Waals surface area contributed by atoms with Gasteiger partial charge in [0.15, 0.2) is 5.78 Å². The largest absolute Gasteiger partial charge is 0.489 e. The Morgan fingerprint density at radius 3 is 2.44 bits per heavy atom. The Morgan fingerprint density at radius 1 is 1.00 bits per heavy atom. The fraction of sp³-hybridized carbons (Fsp3) is 0.0909. The molecule has 0 atom stereocenters. The fourth-order valence-corrected chi connectivity index (χ4v) is 2.43. The maximum atomic E-state index is 12.3. The number of rotatable bonds is 7. The second-order valence-electron chi connectivity index (χ2n) is 5.69. The molecule has 0 aliphatic carbocycles. The Morgan fingerprint density at radius 2 is 1.74 bits per heavy atom. The molecule has 0 aliphatic heterocycles. The molecule has 1 aromatic heterocycles. The van der Waals surface area contributed by atoms with Gasteiger partial charge in [0.25, 0.3) is 0 Å². The van der Waals surface area contributed by atoms with Crippen LogP contribution in [0.2, 0.25) is 0 Å². The SMILES string of the molecule is COC(=O)c1occc1C=CC(=O)c1ccc(OCc2ccccc2)cc1. The summed E-state index contributed by atoms with van der Waals surface area (Å²) in [5.74, 6) is -0.0398. The molecule has 0 saturated carbocycles. The first kappa shape index (κ1) is 18.2. The molecule has 0 spiro atoms. The van der Waals surface area contributed by atoms with Gasteiger partial charge in [-0.15, -0.1) is 0 Å². The van der Waals surface area contributed by atoms with E-state index in [0.717, 1.165) is 5.56 Å². The third kappa shape index (κ3) is 4.73. The Labute approximate surface area is 156 Å². The Kier molecular flexibility index (Phi) is 5.84. The highest BCUT2D eigenvalue weighted by Gasteiger charge is 2.14. The summed E-state index contributed by atoms with van der Waals surface area (Å²) in [7, 11) is 1.27. The summed E-state index contributed by atoms with van der Waals surface area (Å²) in [6, 6.07) is 18.3. The van der Waals surface area contributed by atoms with Crippen LogP contribution >= 0.6 is 0 Å². The molecule has 0 bridgehead atoms. The Bertz CT molecular complexity index is 936. The second kappa shape index (κ2) is 8.67. The number of hydrogen-bond acceptors (Lipinski definition) is 5. The van der Waals surface area contributed by atoms with Gasteiger partial charge >= 0.3 is 5.97 Å². The van der Waals surface area contributed by atoms with E-state index in [4.69, 9.17) is 9.15 Å². The number of carbonyl (C=O) groups is 2. The van der Waals surface area contributed by atoms with Crippen molar-refractivity contribution in [1.82, 2.24) is 0 Å². The van der Waals surface area contributed by atoms with Crippen molar-refractivity contribution in [2.75, 3.05) is 7.11 Å². The molecule has 0 unspecified atom stereocenters. The van der Waals surface area contributed by atoms with Crippen molar-refractivity contribution >= 4 is 17.8 Å². The third-order valence-electron chi connectivity index (χ3n) is 3.87. The van der Waals surface area contributed by atoms with Crippen molar-refractivity contribution in [3.05, 3.63) is 95.5 Å². The lowest BCUT2D eigenvalue weighted by molar-refractivity contribution is 0.0564. The average Bonchev–Trinajstić information content (AvgIpc) is 3.19. The summed E-state index contributed by atoms with van der Waals surface area (Å²) >= 11 is 0. The topological polar surface area (TPSA) is 65.7 Å². The first-order valence-electron chi connectivity index (χ1n) is 8.32. The van der Waals surface area contributed by atoms with Crippen LogP contribution in [0.1, 0.15) is 32.0 Å². The summed E-state index contributed by atoms with van der Waals surface area (Å²) in [6.07, 6.45) is 4.28. The van der Waals surface area contributed by atoms with Crippen molar-refractivity contribution in [3.8, 4) is 5.75 Å². The lowest BCUT2D eigenvalue weighted by Gasteiger charge is -2.06. The summed E-state index contributed by atoms with van der Waals surface area (Å²) in [6.45, 7) is 0.463. The van der Waals surface area contributed by atoms with E-state index in [-0.39, 0.29) is 11.5 Å². The molecule has 0 saturated heterocycles. The lowest BCUT2D eigenvalue weighted by atomic mass is 10.1. The normalized spacial score (nSPS) is 10.7. The number of ether oxygens (including phenoxy) is 2. The van der Waals surface area contributed by atoms with Crippen molar-refractivity contribution in [2.24, 2.45) is 0 Å². The summed E-state index contributed by atoms with van der Waals surface area (Å²) in [4.78, 5) is 23.9. The Balaban J connectivity index is 1.62. The zero-order chi connectivity index (χ0) is 19.1. The van der Waals surface area contributed by atoms with Crippen LogP contribution in [0, 0.1) is 0 Å². The highest BCUT2D eigenvalue weighted by atomic mass is 16.5. The van der Waals surface area contributed by atoms with Crippen molar-refractivity contribution in [1.29, 1.82) is 0 Å². The van der Waals surface area contributed by atoms with E-state index in [2.05, 4.69) is 4.74 Å². The minimum absolute atomic E-state index is 0.0613. The number of methoxy groups -OCH3 is 1. The monoisotopic (exact) mass is 362 g/mol. The van der Waals surface area contributed by atoms with Gasteiger partial charge in [0, 0.05) is 11.1 Å². The number of carbonyl (C=O) groups excluding carboxylic acids is 2. The molecule has 27 heavy (non-hydrogen) atoms. The fourth-order valence-electron chi connectivity index (χ4n) is 2.43. The predicted molar refractivity (Wildman–Crippen MR) is 101 cm³/mol. The molecule has 0 amide bonds. The molecule has 2 aromatic carbocycles. The summed E-state index contributed by atoms with van der Waals surface area (Å²) in [5.41, 5.74) is 2.07. The number of esters is 1. The second-order valence-corrected chi connectivity index (χ2v) is 5.69. The molecule has 1 heterocycles. The van der Waals surface area contributed by atoms with Gasteiger partial charge < -0.3 is 13.9 Å². The standard InChI is InChI=1S/C22H18O5/c1-25-22(24)21-18(13-14-26-21)9-12-20(23)17-7-10-19(11-8-17)27-15-16-5-3-2-4-6-16/h2-14H,15H2,1H3. The minimum atomic E-state index is -0.591. The zero-order valence-electron chi connectivity index (χ0n) is 14.8. The van der Waals surface area contributed by atoms with Gasteiger partial charge in [-0.05, 0) is 48.0 Å². The van der Waals surface area contributed by atoms with E-state index in [1.807, 2.05) is 30.3 Å². The Hall–Kier alpha value is -3.60. The van der Waals surface area contributed by atoms with Gasteiger partial charge in [-0.3, -0.25) is 4.79 Å². The molecule has 136 valence electrons. The van der Waals surface area contributed by atoms with E-state index in [1.54, 1.807) is 30.3 Å². The van der Waals surface area contributed by atoms with Gasteiger partial charge in [-0.2, -0.15) is 0 Å². The van der Waals surface area contributed by atoms with Crippen LogP contribution < -0.4 is 4.74 Å². The summed E-state index contributed by atoms with van der Waals surface area (Å²) in [5, 5.41) is 0. The van der Waals surface area contributed by atoms with Crippen LogP contribution in [-0.2, 0) is 11.3 Å². The van der Waals surface area contributed by atoms with Crippen molar-refractivity contribution in [3.63, 3.8) is 0 Å². The minimum Gasteiger partial charge on any atom is -0.489 e. The predicted octanol–water partition coefficient (Wildman–Crippen LogP) is 4.54. The zero-order valence-corrected chi connectivity index (χ0v) is 14.8. The molecular weight excluding hydrogens is 344 g/mol. The number of benzene rings is 2. The van der Waals surface area contributed by atoms with Gasteiger partial charge in [0.05, 0.1) is 13.4 Å². The molecule has 5 nitrogen and oxygen atoms in total. The van der Waals surface area contributed by atoms with E-state index in [9.17, 15) is 9.59 Å². The quantitative estimate of drug-likeness (QED) is 0.351. The van der Waals surface area contributed by atoms with Crippen LogP contribution in [0.3, 0.4) is 0 Å². The number of furan rings is 1. The molecular formula is C22H18O5. The van der Waals surface area contributed by atoms with Crippen molar-refractivity contribution in [2.45, 2.75) is 6.61 Å². The number of allylic oxidation sites excluding steroid dienone is 1. The number of hydrogen-bond donors (Lipinski definition) is 0. The lowest BCUT2D eigenvalue weighted by Crippen LogP contribution is -2.01. The molecule has 0 fully saturated rings. The van der Waals surface area contributed by atoms with E-state index in [1.165, 1.54) is 25.5 Å². The van der Waals surface area contributed by atoms with E-state index < -0.39 is 5.97 Å².